The Morgan fingerprint density at radius 1 is 1.23 bits per heavy atom. The Morgan fingerprint density at radius 2 is 1.91 bits per heavy atom. The van der Waals surface area contributed by atoms with E-state index in [1.54, 1.807) is 6.92 Å². The van der Waals surface area contributed by atoms with Crippen LogP contribution in [0.2, 0.25) is 0 Å². The van der Waals surface area contributed by atoms with Gasteiger partial charge in [-0.2, -0.15) is 0 Å². The van der Waals surface area contributed by atoms with Crippen LogP contribution in [0.3, 0.4) is 0 Å². The summed E-state index contributed by atoms with van der Waals surface area (Å²) in [5.41, 5.74) is 0.0861. The van der Waals surface area contributed by atoms with Crippen LogP contribution in [0, 0.1) is 0 Å². The largest absolute Gasteiger partial charge is 0.508 e. The van der Waals surface area contributed by atoms with Gasteiger partial charge >= 0.3 is 5.97 Å². The van der Waals surface area contributed by atoms with E-state index in [2.05, 4.69) is 0 Å². The Bertz CT molecular complexity index is 709. The van der Waals surface area contributed by atoms with Crippen molar-refractivity contribution in [3.05, 3.63) is 34.9 Å². The molecule has 0 aromatic heterocycles. The van der Waals surface area contributed by atoms with E-state index in [1.807, 2.05) is 6.08 Å². The Kier molecular flexibility index (Phi) is 2.62. The number of benzene rings is 1. The van der Waals surface area contributed by atoms with Gasteiger partial charge in [0.05, 0.1) is 0 Å². The van der Waals surface area contributed by atoms with Crippen LogP contribution in [-0.4, -0.2) is 33.0 Å². The molecule has 2 fully saturated rings. The van der Waals surface area contributed by atoms with Gasteiger partial charge in [0.15, 0.2) is 11.7 Å². The molecule has 4 atom stereocenters. The predicted octanol–water partition coefficient (Wildman–Crippen LogP) is 1.61. The third-order valence-electron chi connectivity index (χ3n) is 4.81. The molecule has 1 aromatic carbocycles. The molecule has 0 saturated carbocycles. The Labute approximate surface area is 126 Å². The van der Waals surface area contributed by atoms with Crippen LogP contribution in [0.25, 0.3) is 0 Å². The first kappa shape index (κ1) is 13.6. The molecule has 2 aliphatic heterocycles. The van der Waals surface area contributed by atoms with Crippen molar-refractivity contribution < 1.29 is 29.6 Å². The summed E-state index contributed by atoms with van der Waals surface area (Å²) >= 11 is 0. The maximum Gasteiger partial charge on any atom is 0.342 e. The molecule has 4 rings (SSSR count). The molecule has 0 unspecified atom stereocenters. The van der Waals surface area contributed by atoms with Crippen molar-refractivity contribution in [1.29, 1.82) is 0 Å². The zero-order chi connectivity index (χ0) is 15.6. The van der Waals surface area contributed by atoms with Crippen molar-refractivity contribution in [3.63, 3.8) is 0 Å². The minimum Gasteiger partial charge on any atom is -0.508 e. The Balaban J connectivity index is 1.95. The summed E-state index contributed by atoms with van der Waals surface area (Å²) in [4.78, 5) is 12.1. The lowest BCUT2D eigenvalue weighted by atomic mass is 9.87. The average molecular weight is 304 g/mol. The molecular weight excluding hydrogens is 288 g/mol. The molecule has 3 N–H and O–H groups in total. The number of carbonyl (C=O) groups excluding carboxylic acids is 1. The van der Waals surface area contributed by atoms with E-state index in [-0.39, 0.29) is 22.6 Å². The van der Waals surface area contributed by atoms with E-state index in [0.717, 1.165) is 0 Å². The van der Waals surface area contributed by atoms with Gasteiger partial charge in [0, 0.05) is 11.1 Å². The standard InChI is InChI=1S/C16H16O6/c1-7-3-2-6-16-14(22-16)13(21-15(16)20)11-9(18)5-4-8(17)10(11)12(7)19/h3-5,12-14,17-19H,2,6H2,1H3/b7-3+/t12-,13+,14-,16-/m0/s1. The smallest absolute Gasteiger partial charge is 0.342 e. The maximum absolute atomic E-state index is 12.1. The number of ether oxygens (including phenoxy) is 2. The highest BCUT2D eigenvalue weighted by Crippen LogP contribution is 2.58. The van der Waals surface area contributed by atoms with Crippen molar-refractivity contribution in [3.8, 4) is 11.5 Å². The number of rotatable bonds is 0. The molecule has 3 aliphatic rings. The van der Waals surface area contributed by atoms with Gasteiger partial charge in [-0.05, 0) is 37.5 Å². The van der Waals surface area contributed by atoms with Gasteiger partial charge in [-0.25, -0.2) is 4.79 Å². The minimum absolute atomic E-state index is 0.135. The highest BCUT2D eigenvalue weighted by molar-refractivity contribution is 5.87. The minimum atomic E-state index is -1.08. The number of aliphatic hydroxyl groups is 1. The number of esters is 1. The van der Waals surface area contributed by atoms with Crippen LogP contribution in [-0.2, 0) is 14.3 Å². The second-order valence-electron chi connectivity index (χ2n) is 6.07. The predicted molar refractivity (Wildman–Crippen MR) is 74.2 cm³/mol. The van der Waals surface area contributed by atoms with Crippen LogP contribution >= 0.6 is 0 Å². The zero-order valence-corrected chi connectivity index (χ0v) is 11.9. The fraction of sp³-hybridized carbons (Fsp3) is 0.438. The van der Waals surface area contributed by atoms with E-state index in [0.29, 0.717) is 18.4 Å². The van der Waals surface area contributed by atoms with Gasteiger partial charge in [0.1, 0.15) is 23.7 Å². The SMILES string of the molecule is C/C1=C\CC[C@]23O[C@H]2[C@H](OC3=O)c2c(O)ccc(O)c2[C@H]1O. The van der Waals surface area contributed by atoms with Crippen LogP contribution in [0.15, 0.2) is 23.8 Å². The number of hydrogen-bond acceptors (Lipinski definition) is 6. The van der Waals surface area contributed by atoms with Gasteiger partial charge < -0.3 is 24.8 Å². The maximum atomic E-state index is 12.1. The zero-order valence-electron chi connectivity index (χ0n) is 11.9. The van der Waals surface area contributed by atoms with Crippen LogP contribution in [0.1, 0.15) is 43.1 Å². The summed E-state index contributed by atoms with van der Waals surface area (Å²) < 4.78 is 11.0. The van der Waals surface area contributed by atoms with Crippen molar-refractivity contribution in [2.45, 2.75) is 43.7 Å². The van der Waals surface area contributed by atoms with E-state index in [1.165, 1.54) is 12.1 Å². The summed E-state index contributed by atoms with van der Waals surface area (Å²) in [5.74, 6) is -0.731. The molecule has 22 heavy (non-hydrogen) atoms. The molecule has 2 bridgehead atoms. The fourth-order valence-corrected chi connectivity index (χ4v) is 3.51. The van der Waals surface area contributed by atoms with E-state index >= 15 is 0 Å². The number of aliphatic hydroxyl groups excluding tert-OH is 1. The molecular formula is C16H16O6. The summed E-state index contributed by atoms with van der Waals surface area (Å²) in [7, 11) is 0. The second-order valence-corrected chi connectivity index (χ2v) is 6.07. The molecule has 0 radical (unpaired) electrons. The molecule has 116 valence electrons. The number of hydrogen-bond donors (Lipinski definition) is 3. The molecule has 1 aromatic rings. The van der Waals surface area contributed by atoms with Crippen molar-refractivity contribution in [2.75, 3.05) is 0 Å². The highest BCUT2D eigenvalue weighted by Gasteiger charge is 2.73. The number of epoxide rings is 1. The molecule has 0 spiro atoms. The van der Waals surface area contributed by atoms with E-state index < -0.39 is 29.9 Å². The third kappa shape index (κ3) is 1.59. The lowest BCUT2D eigenvalue weighted by molar-refractivity contribution is -0.154. The number of phenols is 2. The van der Waals surface area contributed by atoms with Crippen LogP contribution in [0.5, 0.6) is 11.5 Å². The number of phenolic OH excluding ortho intramolecular Hbond substituents is 2. The lowest BCUT2D eigenvalue weighted by Crippen LogP contribution is -2.22. The van der Waals surface area contributed by atoms with Crippen LogP contribution < -0.4 is 0 Å². The summed E-state index contributed by atoms with van der Waals surface area (Å²) in [5, 5.41) is 30.9. The first-order valence-electron chi connectivity index (χ1n) is 7.24. The van der Waals surface area contributed by atoms with Crippen molar-refractivity contribution in [2.24, 2.45) is 0 Å². The monoisotopic (exact) mass is 304 g/mol. The van der Waals surface area contributed by atoms with Crippen molar-refractivity contribution in [1.82, 2.24) is 0 Å². The molecule has 2 heterocycles. The van der Waals surface area contributed by atoms with E-state index in [4.69, 9.17) is 9.47 Å². The topological polar surface area (TPSA) is 99.5 Å². The first-order chi connectivity index (χ1) is 10.5. The van der Waals surface area contributed by atoms with Crippen molar-refractivity contribution >= 4 is 5.97 Å². The normalized spacial score (nSPS) is 38.4. The molecule has 2 saturated heterocycles. The molecule has 1 aliphatic carbocycles. The lowest BCUT2D eigenvalue weighted by Gasteiger charge is -2.22. The summed E-state index contributed by atoms with van der Waals surface area (Å²) in [6.07, 6.45) is 0.493. The van der Waals surface area contributed by atoms with E-state index in [9.17, 15) is 20.1 Å². The number of fused-ring (bicyclic) bond motifs is 2. The molecule has 6 heteroatoms. The third-order valence-corrected chi connectivity index (χ3v) is 4.81. The van der Waals surface area contributed by atoms with Gasteiger partial charge in [0.2, 0.25) is 0 Å². The molecule has 6 nitrogen and oxygen atoms in total. The van der Waals surface area contributed by atoms with Gasteiger partial charge in [-0.15, -0.1) is 0 Å². The second kappa shape index (κ2) is 4.24. The van der Waals surface area contributed by atoms with Gasteiger partial charge in [0.25, 0.3) is 0 Å². The summed E-state index contributed by atoms with van der Waals surface area (Å²) in [6, 6.07) is 2.64. The molecule has 0 amide bonds. The van der Waals surface area contributed by atoms with Gasteiger partial charge in [-0.1, -0.05) is 6.08 Å². The summed E-state index contributed by atoms with van der Waals surface area (Å²) in [6.45, 7) is 1.74. The van der Waals surface area contributed by atoms with Gasteiger partial charge in [-0.3, -0.25) is 0 Å². The quantitative estimate of drug-likeness (QED) is 0.291. The van der Waals surface area contributed by atoms with Crippen LogP contribution in [0.4, 0.5) is 0 Å². The Morgan fingerprint density at radius 3 is 2.59 bits per heavy atom. The Hall–Kier alpha value is -2.05. The number of allylic oxidation sites excluding steroid dienone is 1. The number of aromatic hydroxyl groups is 2. The average Bonchev–Trinajstić information content (AvgIpc) is 3.15. The fourth-order valence-electron chi connectivity index (χ4n) is 3.51. The number of carbonyl (C=O) groups is 1. The first-order valence-corrected chi connectivity index (χ1v) is 7.24. The highest BCUT2D eigenvalue weighted by atomic mass is 16.7.